The molecule has 1 amide bonds. The molecule has 1 N–H and O–H groups in total. The number of amides is 1. The molecule has 9 nitrogen and oxygen atoms in total. The number of benzene rings is 2. The first-order valence-corrected chi connectivity index (χ1v) is 15.7. The fraction of sp³-hybridized carbons (Fsp3) is 0.452. The van der Waals surface area contributed by atoms with Crippen LogP contribution in [0.4, 0.5) is 5.95 Å². The molecule has 1 aromatic heterocycles. The van der Waals surface area contributed by atoms with E-state index in [4.69, 9.17) is 4.74 Å². The van der Waals surface area contributed by atoms with Gasteiger partial charge < -0.3 is 9.64 Å². The van der Waals surface area contributed by atoms with E-state index in [1.54, 1.807) is 18.2 Å². The van der Waals surface area contributed by atoms with Crippen LogP contribution >= 0.6 is 0 Å². The first-order valence-electron chi connectivity index (χ1n) is 14.2. The van der Waals surface area contributed by atoms with E-state index in [0.717, 1.165) is 23.1 Å². The Labute approximate surface area is 243 Å². The normalized spacial score (nSPS) is 20.9. The Morgan fingerprint density at radius 1 is 0.976 bits per heavy atom. The number of aromatic nitrogens is 2. The van der Waals surface area contributed by atoms with Crippen LogP contribution in [0.5, 0.6) is 5.88 Å². The zero-order valence-corrected chi connectivity index (χ0v) is 25.4. The van der Waals surface area contributed by atoms with Crippen LogP contribution < -0.4 is 9.46 Å². The lowest BCUT2D eigenvalue weighted by Crippen LogP contribution is -2.47. The molecule has 2 aliphatic rings. The van der Waals surface area contributed by atoms with Gasteiger partial charge in [-0.3, -0.25) is 9.69 Å². The van der Waals surface area contributed by atoms with E-state index in [0.29, 0.717) is 36.8 Å². The van der Waals surface area contributed by atoms with Crippen molar-refractivity contribution < 1.29 is 17.9 Å². The van der Waals surface area contributed by atoms with Crippen LogP contribution in [0.2, 0.25) is 0 Å². The fourth-order valence-corrected chi connectivity index (χ4v) is 6.80. The summed E-state index contributed by atoms with van der Waals surface area (Å²) in [5, 5.41) is 0. The van der Waals surface area contributed by atoms with Gasteiger partial charge in [0.15, 0.2) is 0 Å². The maximum atomic E-state index is 14.1. The Bertz CT molecular complexity index is 1540. The van der Waals surface area contributed by atoms with Gasteiger partial charge in [-0.15, -0.1) is 0 Å². The first-order chi connectivity index (χ1) is 19.4. The third-order valence-corrected chi connectivity index (χ3v) is 9.13. The Hall–Kier alpha value is -3.50. The van der Waals surface area contributed by atoms with E-state index >= 15 is 0 Å². The van der Waals surface area contributed by atoms with Gasteiger partial charge in [0.1, 0.15) is 6.10 Å². The highest BCUT2D eigenvalue weighted by molar-refractivity contribution is 7.92. The Kier molecular flexibility index (Phi) is 8.07. The molecule has 5 rings (SSSR count). The average Bonchev–Trinajstić information content (AvgIpc) is 3.06. The third-order valence-electron chi connectivity index (χ3n) is 7.80. The van der Waals surface area contributed by atoms with Crippen molar-refractivity contribution in [3.63, 3.8) is 0 Å². The molecule has 0 radical (unpaired) electrons. The smallest absolute Gasteiger partial charge is 0.264 e. The van der Waals surface area contributed by atoms with Gasteiger partial charge in [-0.25, -0.2) is 18.1 Å². The van der Waals surface area contributed by atoms with Gasteiger partial charge >= 0.3 is 0 Å². The molecule has 0 spiro atoms. The summed E-state index contributed by atoms with van der Waals surface area (Å²) in [6.07, 6.45) is 0.419. The SMILES string of the molecule is Cc1cccc(C)c1-c1cc2nc(n1)NS(=O)(=O)c1cccc(c1)C(=O)N1C[C@@H](CN(C(C)C)C[C@H]1CC(C)C)O2. The average molecular weight is 578 g/mol. The fourth-order valence-electron chi connectivity index (χ4n) is 5.81. The number of ether oxygens (including phenoxy) is 1. The highest BCUT2D eigenvalue weighted by Crippen LogP contribution is 2.31. The van der Waals surface area contributed by atoms with Gasteiger partial charge in [-0.05, 0) is 69.4 Å². The largest absolute Gasteiger partial charge is 0.471 e. The molecule has 218 valence electrons. The van der Waals surface area contributed by atoms with Crippen molar-refractivity contribution in [2.24, 2.45) is 5.92 Å². The highest BCUT2D eigenvalue weighted by Gasteiger charge is 2.36. The van der Waals surface area contributed by atoms with Crippen molar-refractivity contribution in [2.75, 3.05) is 24.4 Å². The summed E-state index contributed by atoms with van der Waals surface area (Å²) >= 11 is 0. The van der Waals surface area contributed by atoms with E-state index in [2.05, 4.69) is 47.3 Å². The number of hydrogen-bond acceptors (Lipinski definition) is 7. The lowest BCUT2D eigenvalue weighted by Gasteiger charge is -2.34. The minimum Gasteiger partial charge on any atom is -0.471 e. The number of carbonyl (C=O) groups is 1. The summed E-state index contributed by atoms with van der Waals surface area (Å²) in [5.41, 5.74) is 3.78. The summed E-state index contributed by atoms with van der Waals surface area (Å²) in [4.78, 5) is 27.4. The van der Waals surface area contributed by atoms with E-state index in [9.17, 15) is 13.2 Å². The molecular formula is C31H39N5O4S. The van der Waals surface area contributed by atoms with Crippen LogP contribution in [-0.2, 0) is 10.0 Å². The van der Waals surface area contributed by atoms with Gasteiger partial charge in [-0.2, -0.15) is 4.98 Å². The van der Waals surface area contributed by atoms with Crippen molar-refractivity contribution in [3.05, 3.63) is 65.2 Å². The molecule has 1 fully saturated rings. The van der Waals surface area contributed by atoms with Gasteiger partial charge in [0, 0.05) is 42.4 Å². The molecule has 6 bridgehead atoms. The maximum absolute atomic E-state index is 14.1. The minimum atomic E-state index is -4.09. The second kappa shape index (κ2) is 11.4. The summed E-state index contributed by atoms with van der Waals surface area (Å²) < 4.78 is 36.1. The van der Waals surface area contributed by atoms with E-state index in [1.807, 2.05) is 36.9 Å². The molecule has 0 saturated carbocycles. The second-order valence-corrected chi connectivity index (χ2v) is 13.5. The zero-order chi connectivity index (χ0) is 29.5. The number of anilines is 1. The second-order valence-electron chi connectivity index (χ2n) is 11.8. The van der Waals surface area contributed by atoms with Gasteiger partial charge in [0.2, 0.25) is 11.8 Å². The molecule has 3 aromatic rings. The maximum Gasteiger partial charge on any atom is 0.264 e. The Balaban J connectivity index is 1.70. The van der Waals surface area contributed by atoms with Crippen molar-refractivity contribution in [1.29, 1.82) is 0 Å². The van der Waals surface area contributed by atoms with Gasteiger partial charge in [0.25, 0.3) is 15.9 Å². The van der Waals surface area contributed by atoms with Crippen molar-refractivity contribution >= 4 is 21.9 Å². The van der Waals surface area contributed by atoms with Crippen LogP contribution in [0.25, 0.3) is 11.3 Å². The Morgan fingerprint density at radius 2 is 1.68 bits per heavy atom. The predicted octanol–water partition coefficient (Wildman–Crippen LogP) is 4.90. The highest BCUT2D eigenvalue weighted by atomic mass is 32.2. The summed E-state index contributed by atoms with van der Waals surface area (Å²) in [6, 6.07) is 14.1. The number of nitrogens with zero attached hydrogens (tertiary/aromatic N) is 4. The lowest BCUT2D eigenvalue weighted by atomic mass is 10.00. The zero-order valence-electron chi connectivity index (χ0n) is 24.6. The van der Waals surface area contributed by atoms with Gasteiger partial charge in [-0.1, -0.05) is 38.1 Å². The van der Waals surface area contributed by atoms with Gasteiger partial charge in [0.05, 0.1) is 17.1 Å². The number of rotatable bonds is 4. The van der Waals surface area contributed by atoms with Crippen LogP contribution in [-0.4, -0.2) is 71.9 Å². The van der Waals surface area contributed by atoms with Crippen molar-refractivity contribution in [1.82, 2.24) is 19.8 Å². The first kappa shape index (κ1) is 29.0. The summed E-state index contributed by atoms with van der Waals surface area (Å²) in [5.74, 6) is 0.328. The molecule has 0 aliphatic carbocycles. The van der Waals surface area contributed by atoms with Crippen molar-refractivity contribution in [3.8, 4) is 17.1 Å². The number of hydrogen-bond donors (Lipinski definition) is 1. The van der Waals surface area contributed by atoms with E-state index < -0.39 is 16.1 Å². The molecule has 1 saturated heterocycles. The molecule has 10 heteroatoms. The molecular weight excluding hydrogens is 538 g/mol. The third kappa shape index (κ3) is 6.23. The van der Waals surface area contributed by atoms with Crippen LogP contribution in [0, 0.1) is 19.8 Å². The Morgan fingerprint density at radius 3 is 2.37 bits per heavy atom. The predicted molar refractivity (Wildman–Crippen MR) is 160 cm³/mol. The molecule has 3 heterocycles. The van der Waals surface area contributed by atoms with Crippen LogP contribution in [0.15, 0.2) is 53.4 Å². The van der Waals surface area contributed by atoms with E-state index in [1.165, 1.54) is 12.1 Å². The number of sulfonamides is 1. The monoisotopic (exact) mass is 577 g/mol. The van der Waals surface area contributed by atoms with Crippen LogP contribution in [0.1, 0.15) is 55.6 Å². The quantitative estimate of drug-likeness (QED) is 0.470. The molecule has 0 unspecified atom stereocenters. The number of aryl methyl sites for hydroxylation is 2. The molecule has 41 heavy (non-hydrogen) atoms. The van der Waals surface area contributed by atoms with Crippen molar-refractivity contribution in [2.45, 2.75) is 71.0 Å². The summed E-state index contributed by atoms with van der Waals surface area (Å²) in [7, 11) is -4.09. The standard InChI is InChI=1S/C31H39N5O4S/c1-19(2)13-24-16-35(20(3)4)17-25-18-36(24)30(37)23-11-8-12-26(14-23)41(38,39)34-31-32-27(15-28(33-31)40-25)29-21(5)9-7-10-22(29)6/h7-12,14-15,19-20,24-25H,13,16-18H2,1-6H3,(H,32,33,34)/t24-,25-/m1/s1. The number of fused-ring (bicyclic) bond motifs is 6. The van der Waals surface area contributed by atoms with E-state index in [-0.39, 0.29) is 34.7 Å². The van der Waals surface area contributed by atoms with Crippen LogP contribution in [0.3, 0.4) is 0 Å². The number of carbonyl (C=O) groups excluding carboxylic acids is 1. The topological polar surface area (TPSA) is 105 Å². The molecule has 2 atom stereocenters. The minimum absolute atomic E-state index is 0.0262. The molecule has 2 aliphatic heterocycles. The lowest BCUT2D eigenvalue weighted by molar-refractivity contribution is 0.0584. The molecule has 2 aromatic carbocycles. The summed E-state index contributed by atoms with van der Waals surface area (Å²) in [6.45, 7) is 14.2. The number of nitrogens with one attached hydrogen (secondary N) is 1.